The molecule has 40 heavy (non-hydrogen) atoms. The molecular weight excluding hydrogens is 559 g/mol. The first-order valence-corrected chi connectivity index (χ1v) is 12.0. The van der Waals surface area contributed by atoms with Crippen molar-refractivity contribution in [1.82, 2.24) is 10.5 Å². The molecule has 0 saturated heterocycles. The smallest absolute Gasteiger partial charge is 0.359 e. The predicted octanol–water partition coefficient (Wildman–Crippen LogP) is 7.07. The first kappa shape index (κ1) is 27.1. The number of halogens is 6. The highest BCUT2D eigenvalue weighted by molar-refractivity contribution is 6.31. The van der Waals surface area contributed by atoms with Crippen molar-refractivity contribution in [3.63, 3.8) is 0 Å². The summed E-state index contributed by atoms with van der Waals surface area (Å²) in [6.45, 7) is 3.32. The van der Waals surface area contributed by atoms with Gasteiger partial charge in [-0.3, -0.25) is 9.59 Å². The van der Waals surface area contributed by atoms with Crippen LogP contribution >= 0.6 is 11.6 Å². The van der Waals surface area contributed by atoms with E-state index >= 15 is 0 Å². The number of carbonyl (C=O) groups excluding carboxylic acids is 2. The van der Waals surface area contributed by atoms with E-state index in [1.807, 2.05) is 0 Å². The van der Waals surface area contributed by atoms with Gasteiger partial charge in [0.1, 0.15) is 23.0 Å². The largest absolute Gasteiger partial charge is 0.416 e. The Morgan fingerprint density at radius 1 is 1.05 bits per heavy atom. The molecule has 13 heteroatoms. The van der Waals surface area contributed by atoms with Crippen LogP contribution in [0.25, 0.3) is 0 Å². The van der Waals surface area contributed by atoms with Gasteiger partial charge in [-0.25, -0.2) is 8.78 Å². The summed E-state index contributed by atoms with van der Waals surface area (Å²) in [5.74, 6) is -3.13. The van der Waals surface area contributed by atoms with E-state index in [1.165, 1.54) is 18.2 Å². The second-order valence-corrected chi connectivity index (χ2v) is 9.47. The number of aryl methyl sites for hydroxylation is 2. The number of rotatable bonds is 5. The summed E-state index contributed by atoms with van der Waals surface area (Å²) in [6, 6.07) is 6.86. The summed E-state index contributed by atoms with van der Waals surface area (Å²) in [7, 11) is 0. The summed E-state index contributed by atoms with van der Waals surface area (Å²) >= 11 is 6.30. The lowest BCUT2D eigenvalue weighted by Crippen LogP contribution is -2.21. The number of alkyl halides is 3. The van der Waals surface area contributed by atoms with Crippen molar-refractivity contribution in [1.29, 1.82) is 0 Å². The van der Waals surface area contributed by atoms with Gasteiger partial charge < -0.3 is 20.5 Å². The number of hydrogen-bond donors (Lipinski definition) is 3. The van der Waals surface area contributed by atoms with Crippen LogP contribution in [-0.2, 0) is 6.18 Å². The van der Waals surface area contributed by atoms with Gasteiger partial charge in [-0.2, -0.15) is 13.2 Å². The van der Waals surface area contributed by atoms with Crippen molar-refractivity contribution in [3.8, 4) is 0 Å². The van der Waals surface area contributed by atoms with Crippen LogP contribution in [0.1, 0.15) is 54.9 Å². The minimum absolute atomic E-state index is 0.0155. The van der Waals surface area contributed by atoms with Gasteiger partial charge in [0.15, 0.2) is 5.76 Å². The van der Waals surface area contributed by atoms with Crippen LogP contribution in [0, 0.1) is 25.5 Å². The van der Waals surface area contributed by atoms with Crippen LogP contribution in [0.3, 0.4) is 0 Å². The summed E-state index contributed by atoms with van der Waals surface area (Å²) < 4.78 is 73.1. The fourth-order valence-electron chi connectivity index (χ4n) is 4.46. The average molecular weight is 577 g/mol. The van der Waals surface area contributed by atoms with Crippen molar-refractivity contribution in [3.05, 3.63) is 104 Å². The zero-order valence-corrected chi connectivity index (χ0v) is 21.4. The Morgan fingerprint density at radius 3 is 2.48 bits per heavy atom. The maximum atomic E-state index is 14.1. The van der Waals surface area contributed by atoms with Crippen molar-refractivity contribution in [2.75, 3.05) is 10.6 Å². The van der Waals surface area contributed by atoms with E-state index in [0.29, 0.717) is 35.0 Å². The molecule has 0 saturated carbocycles. The monoisotopic (exact) mass is 576 g/mol. The molecule has 4 aromatic rings. The van der Waals surface area contributed by atoms with Crippen LogP contribution in [0.4, 0.5) is 39.0 Å². The molecule has 0 bridgehead atoms. The van der Waals surface area contributed by atoms with Crippen molar-refractivity contribution >= 4 is 40.5 Å². The minimum Gasteiger partial charge on any atom is -0.359 e. The standard InChI is InChI=1S/C27H18ClF5N4O3/c1-11-23(12(2)40-37-11)34-17-9-19-22(24(36-26(19)39)18-8-15(29)3-4-20(18)28)21(10-17)35-25(38)13-5-14(27(31,32)33)7-16(30)6-13/h3-10,24,34H,1-2H3,(H,35,38)(H,36,39). The molecule has 3 aromatic carbocycles. The van der Waals surface area contributed by atoms with Crippen molar-refractivity contribution < 1.29 is 36.1 Å². The van der Waals surface area contributed by atoms with Crippen LogP contribution < -0.4 is 16.0 Å². The number of carbonyl (C=O) groups is 2. The van der Waals surface area contributed by atoms with E-state index in [-0.39, 0.29) is 33.5 Å². The first-order valence-electron chi connectivity index (χ1n) is 11.6. The van der Waals surface area contributed by atoms with Gasteiger partial charge in [0, 0.05) is 38.7 Å². The molecule has 2 heterocycles. The second kappa shape index (κ2) is 9.94. The lowest BCUT2D eigenvalue weighted by Gasteiger charge is -2.19. The second-order valence-electron chi connectivity index (χ2n) is 9.06. The number of fused-ring (bicyclic) bond motifs is 1. The van der Waals surface area contributed by atoms with Crippen LogP contribution in [0.2, 0.25) is 5.02 Å². The molecule has 2 amide bonds. The Kier molecular flexibility index (Phi) is 6.74. The zero-order valence-electron chi connectivity index (χ0n) is 20.6. The quantitative estimate of drug-likeness (QED) is 0.221. The van der Waals surface area contributed by atoms with Crippen LogP contribution in [0.15, 0.2) is 53.1 Å². The summed E-state index contributed by atoms with van der Waals surface area (Å²) in [4.78, 5) is 26.2. The maximum Gasteiger partial charge on any atom is 0.416 e. The highest BCUT2D eigenvalue weighted by Crippen LogP contribution is 2.42. The molecule has 1 aliphatic rings. The first-order chi connectivity index (χ1) is 18.8. The van der Waals surface area contributed by atoms with Gasteiger partial charge in [-0.05, 0) is 62.4 Å². The predicted molar refractivity (Wildman–Crippen MR) is 136 cm³/mol. The molecule has 0 aliphatic carbocycles. The number of anilines is 3. The zero-order chi connectivity index (χ0) is 28.9. The van der Waals surface area contributed by atoms with Gasteiger partial charge >= 0.3 is 6.18 Å². The number of nitrogens with one attached hydrogen (secondary N) is 3. The summed E-state index contributed by atoms with van der Waals surface area (Å²) in [5, 5.41) is 12.2. The topological polar surface area (TPSA) is 96.3 Å². The van der Waals surface area contributed by atoms with Gasteiger partial charge in [0.05, 0.1) is 11.6 Å². The van der Waals surface area contributed by atoms with Crippen LogP contribution in [-0.4, -0.2) is 17.0 Å². The van der Waals surface area contributed by atoms with Crippen molar-refractivity contribution in [2.45, 2.75) is 26.1 Å². The van der Waals surface area contributed by atoms with Gasteiger partial charge in [-0.1, -0.05) is 16.8 Å². The lowest BCUT2D eigenvalue weighted by molar-refractivity contribution is -0.137. The van der Waals surface area contributed by atoms with E-state index in [4.69, 9.17) is 16.1 Å². The Labute approximate surface area is 228 Å². The number of aromatic nitrogens is 1. The third-order valence-electron chi connectivity index (χ3n) is 6.30. The molecule has 206 valence electrons. The van der Waals surface area contributed by atoms with E-state index in [1.54, 1.807) is 13.8 Å². The molecule has 3 N–H and O–H groups in total. The SMILES string of the molecule is Cc1noc(C)c1Nc1cc(NC(=O)c2cc(F)cc(C(F)(F)F)c2)c2c(c1)C(=O)NC2c1cc(F)ccc1Cl. The van der Waals surface area contributed by atoms with Gasteiger partial charge in [0.25, 0.3) is 11.8 Å². The molecule has 7 nitrogen and oxygen atoms in total. The van der Waals surface area contributed by atoms with Crippen LogP contribution in [0.5, 0.6) is 0 Å². The Bertz CT molecular complexity index is 1670. The highest BCUT2D eigenvalue weighted by Gasteiger charge is 2.36. The number of benzene rings is 3. The number of hydrogen-bond acceptors (Lipinski definition) is 5. The van der Waals surface area contributed by atoms with E-state index in [2.05, 4.69) is 21.1 Å². The minimum atomic E-state index is -4.90. The summed E-state index contributed by atoms with van der Waals surface area (Å²) in [6.07, 6.45) is -4.90. The maximum absolute atomic E-state index is 14.1. The third-order valence-corrected chi connectivity index (χ3v) is 6.64. The Balaban J connectivity index is 1.63. The summed E-state index contributed by atoms with van der Waals surface area (Å²) in [5.41, 5.74) is -0.257. The lowest BCUT2D eigenvalue weighted by atomic mass is 9.95. The average Bonchev–Trinajstić information content (AvgIpc) is 3.38. The highest BCUT2D eigenvalue weighted by atomic mass is 35.5. The fourth-order valence-corrected chi connectivity index (χ4v) is 4.69. The van der Waals surface area contributed by atoms with Gasteiger partial charge in [-0.15, -0.1) is 0 Å². The molecule has 1 unspecified atom stereocenters. The van der Waals surface area contributed by atoms with E-state index < -0.39 is 46.8 Å². The Hall–Kier alpha value is -4.45. The number of nitrogens with zero attached hydrogens (tertiary/aromatic N) is 1. The normalized spacial score (nSPS) is 14.6. The van der Waals surface area contributed by atoms with Gasteiger partial charge in [0.2, 0.25) is 0 Å². The Morgan fingerprint density at radius 2 is 1.80 bits per heavy atom. The third kappa shape index (κ3) is 5.09. The molecular formula is C27H18ClF5N4O3. The molecule has 1 atom stereocenters. The van der Waals surface area contributed by atoms with Crippen molar-refractivity contribution in [2.24, 2.45) is 0 Å². The fraction of sp³-hybridized carbons (Fsp3) is 0.148. The molecule has 0 radical (unpaired) electrons. The molecule has 1 aromatic heterocycles. The molecule has 0 fully saturated rings. The number of amides is 2. The van der Waals surface area contributed by atoms with E-state index in [9.17, 15) is 31.5 Å². The molecule has 0 spiro atoms. The molecule has 5 rings (SSSR count). The van der Waals surface area contributed by atoms with E-state index in [0.717, 1.165) is 12.1 Å². The molecule has 1 aliphatic heterocycles.